The molecular weight excluding hydrogens is 262 g/mol. The Balaban J connectivity index is 1.83. The van der Waals surface area contributed by atoms with Crippen LogP contribution >= 0.6 is 0 Å². The van der Waals surface area contributed by atoms with Gasteiger partial charge in [-0.25, -0.2) is 0 Å². The number of hydrogen-bond acceptors (Lipinski definition) is 3. The Morgan fingerprint density at radius 1 is 1.24 bits per heavy atom. The third kappa shape index (κ3) is 4.58. The van der Waals surface area contributed by atoms with Crippen LogP contribution in [0, 0.1) is 0 Å². The summed E-state index contributed by atoms with van der Waals surface area (Å²) in [5, 5.41) is 9.14. The van der Waals surface area contributed by atoms with Gasteiger partial charge in [0.2, 0.25) is 0 Å². The van der Waals surface area contributed by atoms with E-state index < -0.39 is 0 Å². The average Bonchev–Trinajstić information content (AvgIpc) is 2.93. The van der Waals surface area contributed by atoms with E-state index in [0.29, 0.717) is 0 Å². The Morgan fingerprint density at radius 2 is 2.05 bits per heavy atom. The molecule has 2 rings (SSSR count). The van der Waals surface area contributed by atoms with Crippen molar-refractivity contribution in [2.75, 3.05) is 13.2 Å². The highest BCUT2D eigenvalue weighted by Gasteiger charge is 2.17. The fourth-order valence-electron chi connectivity index (χ4n) is 2.68. The summed E-state index contributed by atoms with van der Waals surface area (Å²) in [4.78, 5) is 0. The second-order valence-electron chi connectivity index (χ2n) is 5.81. The number of unbranched alkanes of at least 4 members (excludes halogenated alkanes) is 4. The van der Waals surface area contributed by atoms with Gasteiger partial charge >= 0.3 is 0 Å². The molecule has 1 aromatic carbocycles. The summed E-state index contributed by atoms with van der Waals surface area (Å²) in [6.45, 7) is 3.02. The minimum atomic E-state index is -0.250. The Hall–Kier alpha value is -1.32. The molecular formula is C18H27NO2. The first-order chi connectivity index (χ1) is 10.2. The van der Waals surface area contributed by atoms with Crippen molar-refractivity contribution in [2.24, 2.45) is 5.73 Å². The van der Waals surface area contributed by atoms with Crippen LogP contribution in [0.15, 0.2) is 23.8 Å². The molecule has 0 heterocycles. The third-order valence-corrected chi connectivity index (χ3v) is 4.04. The van der Waals surface area contributed by atoms with Crippen molar-refractivity contribution in [1.29, 1.82) is 0 Å². The van der Waals surface area contributed by atoms with Crippen molar-refractivity contribution in [1.82, 2.24) is 0 Å². The van der Waals surface area contributed by atoms with Gasteiger partial charge in [-0.15, -0.1) is 0 Å². The Morgan fingerprint density at radius 3 is 2.81 bits per heavy atom. The van der Waals surface area contributed by atoms with Crippen LogP contribution in [0.4, 0.5) is 0 Å². The molecule has 0 saturated carbocycles. The first kappa shape index (κ1) is 16.1. The van der Waals surface area contributed by atoms with Gasteiger partial charge in [-0.05, 0) is 41.7 Å². The third-order valence-electron chi connectivity index (χ3n) is 4.04. The quantitative estimate of drug-likeness (QED) is 0.686. The zero-order valence-electron chi connectivity index (χ0n) is 13.0. The Kier molecular flexibility index (Phi) is 6.27. The van der Waals surface area contributed by atoms with Crippen LogP contribution < -0.4 is 10.5 Å². The molecule has 0 amide bonds. The Labute approximate surface area is 127 Å². The molecule has 3 N–H and O–H groups in total. The summed E-state index contributed by atoms with van der Waals surface area (Å²) in [5.41, 5.74) is 9.43. The van der Waals surface area contributed by atoms with E-state index in [1.807, 2.05) is 6.07 Å². The number of ether oxygens (including phenoxy) is 1. The average molecular weight is 289 g/mol. The molecule has 0 spiro atoms. The van der Waals surface area contributed by atoms with Crippen LogP contribution in [0.3, 0.4) is 0 Å². The predicted molar refractivity (Wildman–Crippen MR) is 87.4 cm³/mol. The van der Waals surface area contributed by atoms with Crippen LogP contribution in [-0.2, 0) is 6.42 Å². The number of hydrogen-bond donors (Lipinski definition) is 2. The van der Waals surface area contributed by atoms with Crippen LogP contribution in [0.25, 0.3) is 6.08 Å². The minimum Gasteiger partial charge on any atom is -0.494 e. The van der Waals surface area contributed by atoms with Crippen LogP contribution in [0.2, 0.25) is 0 Å². The molecule has 21 heavy (non-hydrogen) atoms. The van der Waals surface area contributed by atoms with Crippen molar-refractivity contribution in [3.63, 3.8) is 0 Å². The molecule has 1 aliphatic rings. The zero-order valence-corrected chi connectivity index (χ0v) is 13.0. The molecule has 0 saturated heterocycles. The molecule has 0 unspecified atom stereocenters. The van der Waals surface area contributed by atoms with Crippen LogP contribution in [0.1, 0.15) is 50.2 Å². The normalized spacial score (nSPS) is 14.7. The van der Waals surface area contributed by atoms with Crippen molar-refractivity contribution in [2.45, 2.75) is 51.5 Å². The first-order valence-electron chi connectivity index (χ1n) is 8.07. The molecule has 1 aliphatic carbocycles. The first-order valence-corrected chi connectivity index (χ1v) is 8.07. The largest absolute Gasteiger partial charge is 0.494 e. The number of aliphatic hydroxyl groups excluding tert-OH is 1. The van der Waals surface area contributed by atoms with Crippen LogP contribution in [-0.4, -0.2) is 24.4 Å². The lowest BCUT2D eigenvalue weighted by Crippen LogP contribution is -2.26. The van der Waals surface area contributed by atoms with Gasteiger partial charge in [0.15, 0.2) is 0 Å². The summed E-state index contributed by atoms with van der Waals surface area (Å²) >= 11 is 0. The molecule has 0 fully saturated rings. The molecule has 3 nitrogen and oxygen atoms in total. The fourth-order valence-corrected chi connectivity index (χ4v) is 2.68. The predicted octanol–water partition coefficient (Wildman–Crippen LogP) is 3.29. The SMILES string of the molecule is CCCCCCCOc1ccc2c(c1)C=C([C@H](N)CO)C2. The highest BCUT2D eigenvalue weighted by molar-refractivity contribution is 5.66. The van der Waals surface area contributed by atoms with E-state index in [1.165, 1.54) is 36.8 Å². The molecule has 1 atom stereocenters. The van der Waals surface area contributed by atoms with E-state index in [-0.39, 0.29) is 12.6 Å². The van der Waals surface area contributed by atoms with Crippen molar-refractivity contribution < 1.29 is 9.84 Å². The Bertz CT molecular complexity index is 482. The number of aliphatic hydroxyl groups is 1. The van der Waals surface area contributed by atoms with Gasteiger partial charge in [-0.1, -0.05) is 44.7 Å². The standard InChI is InChI=1S/C18H27NO2/c1-2-3-4-5-6-9-21-17-8-7-14-10-16(18(19)13-20)11-15(14)12-17/h7-8,11-12,18,20H,2-6,9-10,13,19H2,1H3/t18-/m1/s1. The van der Waals surface area contributed by atoms with E-state index >= 15 is 0 Å². The highest BCUT2D eigenvalue weighted by atomic mass is 16.5. The van der Waals surface area contributed by atoms with Gasteiger partial charge in [0.25, 0.3) is 0 Å². The number of nitrogens with two attached hydrogens (primary N) is 1. The van der Waals surface area contributed by atoms with E-state index in [2.05, 4.69) is 25.1 Å². The monoisotopic (exact) mass is 289 g/mol. The minimum absolute atomic E-state index is 0.000932. The maximum Gasteiger partial charge on any atom is 0.119 e. The molecule has 1 aromatic rings. The van der Waals surface area contributed by atoms with Gasteiger partial charge in [0.05, 0.1) is 13.2 Å². The summed E-state index contributed by atoms with van der Waals surface area (Å²) in [5.74, 6) is 0.930. The lowest BCUT2D eigenvalue weighted by molar-refractivity contribution is 0.279. The molecule has 0 aromatic heterocycles. The van der Waals surface area contributed by atoms with E-state index in [4.69, 9.17) is 15.6 Å². The second-order valence-corrected chi connectivity index (χ2v) is 5.81. The number of benzene rings is 1. The van der Waals surface area contributed by atoms with Gasteiger partial charge in [0, 0.05) is 6.04 Å². The van der Waals surface area contributed by atoms with Gasteiger partial charge < -0.3 is 15.6 Å². The van der Waals surface area contributed by atoms with E-state index in [9.17, 15) is 0 Å². The maximum absolute atomic E-state index is 9.14. The van der Waals surface area contributed by atoms with Gasteiger partial charge in [-0.2, -0.15) is 0 Å². The van der Waals surface area contributed by atoms with E-state index in [1.54, 1.807) is 0 Å². The molecule has 0 aliphatic heterocycles. The van der Waals surface area contributed by atoms with Gasteiger partial charge in [-0.3, -0.25) is 0 Å². The highest BCUT2D eigenvalue weighted by Crippen LogP contribution is 2.29. The summed E-state index contributed by atoms with van der Waals surface area (Å²) in [7, 11) is 0. The smallest absolute Gasteiger partial charge is 0.119 e. The second kappa shape index (κ2) is 8.20. The molecule has 116 valence electrons. The van der Waals surface area contributed by atoms with Crippen LogP contribution in [0.5, 0.6) is 5.75 Å². The number of fused-ring (bicyclic) bond motifs is 1. The fraction of sp³-hybridized carbons (Fsp3) is 0.556. The lowest BCUT2D eigenvalue weighted by atomic mass is 10.1. The zero-order chi connectivity index (χ0) is 15.1. The number of rotatable bonds is 9. The summed E-state index contributed by atoms with van der Waals surface area (Å²) in [6.07, 6.45) is 9.18. The molecule has 0 radical (unpaired) electrons. The summed E-state index contributed by atoms with van der Waals surface area (Å²) in [6, 6.07) is 5.97. The maximum atomic E-state index is 9.14. The molecule has 0 bridgehead atoms. The lowest BCUT2D eigenvalue weighted by Gasteiger charge is -2.09. The van der Waals surface area contributed by atoms with E-state index in [0.717, 1.165) is 30.8 Å². The van der Waals surface area contributed by atoms with Crippen molar-refractivity contribution in [3.05, 3.63) is 34.9 Å². The summed E-state index contributed by atoms with van der Waals surface area (Å²) < 4.78 is 5.82. The van der Waals surface area contributed by atoms with Crippen molar-refractivity contribution >= 4 is 6.08 Å². The van der Waals surface area contributed by atoms with Crippen molar-refractivity contribution in [3.8, 4) is 5.75 Å². The molecule has 3 heteroatoms. The topological polar surface area (TPSA) is 55.5 Å². The van der Waals surface area contributed by atoms with Gasteiger partial charge in [0.1, 0.15) is 5.75 Å².